The second kappa shape index (κ2) is 3.38. The van der Waals surface area contributed by atoms with Crippen molar-refractivity contribution in [3.05, 3.63) is 35.4 Å². The van der Waals surface area contributed by atoms with Gasteiger partial charge in [0.25, 0.3) is 0 Å². The van der Waals surface area contributed by atoms with Gasteiger partial charge in [-0.2, -0.15) is 0 Å². The van der Waals surface area contributed by atoms with Crippen LogP contribution in [0.5, 0.6) is 0 Å². The fraction of sp³-hybridized carbons (Fsp3) is 0.0909. The molecule has 4 nitrogen and oxygen atoms in total. The van der Waals surface area contributed by atoms with Crippen molar-refractivity contribution in [1.29, 1.82) is 5.41 Å². The largest absolute Gasteiger partial charge is 0.296 e. The summed E-state index contributed by atoms with van der Waals surface area (Å²) in [5.74, 6) is -0.404. The van der Waals surface area contributed by atoms with Crippen molar-refractivity contribution in [2.45, 2.75) is 4.90 Å². The Balaban J connectivity index is 2.80. The maximum atomic E-state index is 11.5. The fourth-order valence-electron chi connectivity index (χ4n) is 1.63. The first-order valence-corrected chi connectivity index (χ1v) is 6.45. The molecule has 0 radical (unpaired) electrons. The average molecular weight is 235 g/mol. The van der Waals surface area contributed by atoms with E-state index in [1.165, 1.54) is 24.3 Å². The van der Waals surface area contributed by atoms with Crippen LogP contribution in [0.25, 0.3) is 6.08 Å². The van der Waals surface area contributed by atoms with Crippen molar-refractivity contribution in [3.63, 3.8) is 0 Å². The molecule has 0 unspecified atom stereocenters. The highest BCUT2D eigenvalue weighted by atomic mass is 32.2. The van der Waals surface area contributed by atoms with Crippen LogP contribution in [0.1, 0.15) is 11.1 Å². The van der Waals surface area contributed by atoms with Gasteiger partial charge in [0.1, 0.15) is 5.71 Å². The first kappa shape index (κ1) is 10.8. The van der Waals surface area contributed by atoms with Crippen LogP contribution in [-0.4, -0.2) is 26.2 Å². The second-order valence-corrected chi connectivity index (χ2v) is 5.55. The Hall–Kier alpha value is -1.75. The van der Waals surface area contributed by atoms with E-state index in [9.17, 15) is 13.2 Å². The molecule has 0 saturated heterocycles. The topological polar surface area (TPSA) is 75.1 Å². The zero-order chi connectivity index (χ0) is 11.9. The number of allylic oxidation sites excluding steroid dienone is 1. The van der Waals surface area contributed by atoms with E-state index in [-0.39, 0.29) is 10.6 Å². The molecular formula is C11H9NO3S. The van der Waals surface area contributed by atoms with Gasteiger partial charge in [-0.15, -0.1) is 0 Å². The Morgan fingerprint density at radius 3 is 2.50 bits per heavy atom. The highest BCUT2D eigenvalue weighted by Gasteiger charge is 2.22. The minimum atomic E-state index is -3.34. The van der Waals surface area contributed by atoms with Crippen LogP contribution in [0, 0.1) is 5.41 Å². The minimum absolute atomic E-state index is 0.151. The number of carbonyl (C=O) groups excluding carboxylic acids is 1. The van der Waals surface area contributed by atoms with Gasteiger partial charge in [-0.05, 0) is 18.2 Å². The average Bonchev–Trinajstić information content (AvgIpc) is 2.21. The van der Waals surface area contributed by atoms with E-state index < -0.39 is 15.6 Å². The summed E-state index contributed by atoms with van der Waals surface area (Å²) < 4.78 is 23.0. The number of sulfone groups is 1. The van der Waals surface area contributed by atoms with Crippen molar-refractivity contribution < 1.29 is 13.2 Å². The quantitative estimate of drug-likeness (QED) is 0.790. The lowest BCUT2D eigenvalue weighted by Gasteiger charge is -2.13. The number of ketones is 1. The predicted molar refractivity (Wildman–Crippen MR) is 60.4 cm³/mol. The van der Waals surface area contributed by atoms with Crippen LogP contribution in [0.15, 0.2) is 29.2 Å². The number of nitrogens with one attached hydrogen (secondary N) is 1. The number of fused-ring (bicyclic) bond motifs is 1. The molecule has 0 heterocycles. The fourth-order valence-corrected chi connectivity index (χ4v) is 2.54. The Kier molecular flexibility index (Phi) is 2.27. The Morgan fingerprint density at radius 1 is 1.19 bits per heavy atom. The molecule has 0 aromatic heterocycles. The summed E-state index contributed by atoms with van der Waals surface area (Å²) in [5, 5.41) is 7.58. The number of benzene rings is 1. The molecule has 0 fully saturated rings. The van der Waals surface area contributed by atoms with Gasteiger partial charge in [-0.25, -0.2) is 8.42 Å². The monoisotopic (exact) mass is 235 g/mol. The normalized spacial score (nSPS) is 15.1. The van der Waals surface area contributed by atoms with Gasteiger partial charge < -0.3 is 0 Å². The molecule has 0 amide bonds. The number of rotatable bonds is 1. The van der Waals surface area contributed by atoms with E-state index in [2.05, 4.69) is 0 Å². The van der Waals surface area contributed by atoms with Crippen LogP contribution in [0.3, 0.4) is 0 Å². The van der Waals surface area contributed by atoms with Crippen molar-refractivity contribution in [2.75, 3.05) is 6.26 Å². The second-order valence-electron chi connectivity index (χ2n) is 3.56. The molecule has 0 aliphatic heterocycles. The van der Waals surface area contributed by atoms with E-state index >= 15 is 0 Å². The van der Waals surface area contributed by atoms with Crippen molar-refractivity contribution in [1.82, 2.24) is 0 Å². The lowest BCUT2D eigenvalue weighted by molar-refractivity contribution is -0.108. The maximum Gasteiger partial charge on any atom is 0.204 e. The maximum absolute atomic E-state index is 11.5. The van der Waals surface area contributed by atoms with Gasteiger partial charge in [0.2, 0.25) is 5.78 Å². The molecule has 1 N–H and O–H groups in total. The Bertz CT molecular complexity index is 627. The van der Waals surface area contributed by atoms with E-state index in [1.54, 1.807) is 6.07 Å². The molecule has 1 aromatic carbocycles. The molecule has 0 spiro atoms. The van der Waals surface area contributed by atoms with Crippen LogP contribution in [0.4, 0.5) is 0 Å². The molecular weight excluding hydrogens is 226 g/mol. The Labute approximate surface area is 93.0 Å². The van der Waals surface area contributed by atoms with Crippen molar-refractivity contribution in [3.8, 4) is 0 Å². The van der Waals surface area contributed by atoms with Crippen LogP contribution in [-0.2, 0) is 14.6 Å². The van der Waals surface area contributed by atoms with Gasteiger partial charge in [0.15, 0.2) is 9.84 Å². The van der Waals surface area contributed by atoms with Crippen LogP contribution >= 0.6 is 0 Å². The molecule has 1 aliphatic rings. The van der Waals surface area contributed by atoms with Gasteiger partial charge in [-0.3, -0.25) is 10.2 Å². The number of hydrogen-bond acceptors (Lipinski definition) is 4. The summed E-state index contributed by atoms with van der Waals surface area (Å²) in [7, 11) is -3.34. The summed E-state index contributed by atoms with van der Waals surface area (Å²) >= 11 is 0. The molecule has 1 aliphatic carbocycles. The molecule has 16 heavy (non-hydrogen) atoms. The third-order valence-electron chi connectivity index (χ3n) is 2.38. The molecule has 0 saturated carbocycles. The minimum Gasteiger partial charge on any atom is -0.296 e. The van der Waals surface area contributed by atoms with Gasteiger partial charge in [-0.1, -0.05) is 12.1 Å². The zero-order valence-electron chi connectivity index (χ0n) is 8.52. The summed E-state index contributed by atoms with van der Waals surface area (Å²) in [4.78, 5) is 11.4. The summed E-state index contributed by atoms with van der Waals surface area (Å²) in [6.07, 6.45) is 3.78. The highest BCUT2D eigenvalue weighted by molar-refractivity contribution is 7.90. The summed E-state index contributed by atoms with van der Waals surface area (Å²) in [6, 6.07) is 4.59. The van der Waals surface area contributed by atoms with Gasteiger partial charge in [0, 0.05) is 17.4 Å². The van der Waals surface area contributed by atoms with E-state index in [4.69, 9.17) is 5.41 Å². The lowest BCUT2D eigenvalue weighted by Crippen LogP contribution is -2.18. The zero-order valence-corrected chi connectivity index (χ0v) is 9.34. The summed E-state index contributed by atoms with van der Waals surface area (Å²) in [5.41, 5.74) is 0.632. The first-order valence-electron chi connectivity index (χ1n) is 4.55. The number of hydrogen-bond donors (Lipinski definition) is 1. The van der Waals surface area contributed by atoms with Gasteiger partial charge in [0.05, 0.1) is 4.90 Å². The molecule has 2 rings (SSSR count). The van der Waals surface area contributed by atoms with E-state index in [0.717, 1.165) is 6.26 Å². The molecule has 0 bridgehead atoms. The standard InChI is InChI=1S/C11H9NO3S/c1-16(14,15)10-4-2-3-8-7(10)5-6-9(13)11(8)12/h2-6,12H,1H3. The predicted octanol–water partition coefficient (Wildman–Crippen LogP) is 1.05. The van der Waals surface area contributed by atoms with Crippen molar-refractivity contribution >= 4 is 27.4 Å². The van der Waals surface area contributed by atoms with E-state index in [1.807, 2.05) is 0 Å². The smallest absolute Gasteiger partial charge is 0.204 e. The van der Waals surface area contributed by atoms with Gasteiger partial charge >= 0.3 is 0 Å². The van der Waals surface area contributed by atoms with Crippen LogP contribution in [0.2, 0.25) is 0 Å². The third kappa shape index (κ3) is 1.59. The third-order valence-corrected chi connectivity index (χ3v) is 3.54. The number of carbonyl (C=O) groups is 1. The van der Waals surface area contributed by atoms with Crippen LogP contribution < -0.4 is 0 Å². The molecule has 1 aromatic rings. The molecule has 82 valence electrons. The van der Waals surface area contributed by atoms with E-state index in [0.29, 0.717) is 11.1 Å². The summed E-state index contributed by atoms with van der Waals surface area (Å²) in [6.45, 7) is 0. The lowest BCUT2D eigenvalue weighted by atomic mass is 9.95. The Morgan fingerprint density at radius 2 is 1.88 bits per heavy atom. The SMILES string of the molecule is CS(=O)(=O)c1cccc2c1C=CC(=O)C2=N. The molecule has 0 atom stereocenters. The van der Waals surface area contributed by atoms with Crippen molar-refractivity contribution in [2.24, 2.45) is 0 Å². The first-order chi connectivity index (χ1) is 7.41. The highest BCUT2D eigenvalue weighted by Crippen LogP contribution is 2.24. The molecule has 5 heteroatoms.